The molecule has 7 heteroatoms. The maximum Gasteiger partial charge on any atom is 0.416 e. The van der Waals surface area contributed by atoms with Crippen LogP contribution in [0.3, 0.4) is 0 Å². The third-order valence-corrected chi connectivity index (χ3v) is 2.78. The predicted octanol–water partition coefficient (Wildman–Crippen LogP) is 2.78. The summed E-state index contributed by atoms with van der Waals surface area (Å²) in [6, 6.07) is 2.66. The van der Waals surface area contributed by atoms with Crippen LogP contribution in [0.5, 0.6) is 0 Å². The number of halogens is 3. The number of ketones is 1. The van der Waals surface area contributed by atoms with Gasteiger partial charge in [0, 0.05) is 11.8 Å². The van der Waals surface area contributed by atoms with E-state index in [0.29, 0.717) is 6.07 Å². The number of esters is 1. The molecule has 0 radical (unpaired) electrons. The lowest BCUT2D eigenvalue weighted by Gasteiger charge is -2.17. The molecule has 106 valence electrons. The first-order valence-corrected chi connectivity index (χ1v) is 5.81. The van der Waals surface area contributed by atoms with Crippen LogP contribution in [0.1, 0.15) is 22.8 Å². The molecule has 1 heterocycles. The van der Waals surface area contributed by atoms with Crippen LogP contribution in [0.2, 0.25) is 0 Å². The number of carbonyl (C=O) groups is 2. The zero-order valence-electron chi connectivity index (χ0n) is 10.4. The van der Waals surface area contributed by atoms with Crippen LogP contribution < -0.4 is 0 Å². The minimum atomic E-state index is -4.56. The van der Waals surface area contributed by atoms with E-state index in [1.807, 2.05) is 0 Å². The normalized spacial score (nSPS) is 17.8. The summed E-state index contributed by atoms with van der Waals surface area (Å²) in [4.78, 5) is 27.4. The first-order chi connectivity index (χ1) is 9.34. The van der Waals surface area contributed by atoms with Crippen molar-refractivity contribution in [1.82, 2.24) is 0 Å². The topological polar surface area (TPSA) is 55.7 Å². The van der Waals surface area contributed by atoms with Gasteiger partial charge >= 0.3 is 12.1 Å². The number of Topliss-reactive ketones (excluding diaryl/α,β-unsaturated/α-hetero) is 1. The molecule has 0 saturated carbocycles. The molecule has 1 unspecified atom stereocenters. The van der Waals surface area contributed by atoms with Crippen molar-refractivity contribution in [3.63, 3.8) is 0 Å². The van der Waals surface area contributed by atoms with Crippen LogP contribution in [0, 0.1) is 5.92 Å². The molecule has 1 aliphatic heterocycles. The average Bonchev–Trinajstić information content (AvgIpc) is 2.38. The highest BCUT2D eigenvalue weighted by molar-refractivity contribution is 6.22. The van der Waals surface area contributed by atoms with Gasteiger partial charge < -0.3 is 4.74 Å². The van der Waals surface area contributed by atoms with Crippen LogP contribution in [0.4, 0.5) is 18.9 Å². The van der Waals surface area contributed by atoms with Gasteiger partial charge in [-0.05, 0) is 25.1 Å². The lowest BCUT2D eigenvalue weighted by molar-refractivity contribution is -0.144. The van der Waals surface area contributed by atoms with Gasteiger partial charge in [0.15, 0.2) is 11.7 Å². The van der Waals surface area contributed by atoms with E-state index >= 15 is 0 Å². The van der Waals surface area contributed by atoms with Crippen molar-refractivity contribution in [2.45, 2.75) is 13.1 Å². The molecule has 4 nitrogen and oxygen atoms in total. The fourth-order valence-corrected chi connectivity index (χ4v) is 1.81. The second-order valence-electron chi connectivity index (χ2n) is 4.10. The SMILES string of the molecule is CCOC(=O)C1C=Nc2ccc(C(F)(F)F)cc2C1=O. The summed E-state index contributed by atoms with van der Waals surface area (Å²) in [6.07, 6.45) is -3.47. The van der Waals surface area contributed by atoms with Gasteiger partial charge in [0.05, 0.1) is 17.9 Å². The Morgan fingerprint density at radius 3 is 2.70 bits per heavy atom. The molecule has 0 N–H and O–H groups in total. The Bertz CT molecular complexity index is 593. The standard InChI is InChI=1S/C13H10F3NO3/c1-2-20-12(19)9-6-17-10-4-3-7(13(14,15)16)5-8(10)11(9)18/h3-6,9H,2H2,1H3. The molecule has 0 aromatic heterocycles. The number of nitrogens with zero attached hydrogens (tertiary/aromatic N) is 1. The molecule has 0 fully saturated rings. The number of fused-ring (bicyclic) bond motifs is 1. The number of rotatable bonds is 2. The van der Waals surface area contributed by atoms with E-state index in [4.69, 9.17) is 4.74 Å². The molecular weight excluding hydrogens is 275 g/mol. The maximum absolute atomic E-state index is 12.6. The largest absolute Gasteiger partial charge is 0.465 e. The summed E-state index contributed by atoms with van der Waals surface area (Å²) in [7, 11) is 0. The zero-order chi connectivity index (χ0) is 14.9. The zero-order valence-corrected chi connectivity index (χ0v) is 10.4. The van der Waals surface area contributed by atoms with E-state index < -0.39 is 29.4 Å². The van der Waals surface area contributed by atoms with Crippen LogP contribution in [-0.4, -0.2) is 24.6 Å². The van der Waals surface area contributed by atoms with Crippen molar-refractivity contribution < 1.29 is 27.5 Å². The second kappa shape index (κ2) is 5.07. The van der Waals surface area contributed by atoms with Gasteiger partial charge in [0.1, 0.15) is 0 Å². The predicted molar refractivity (Wildman–Crippen MR) is 64.0 cm³/mol. The van der Waals surface area contributed by atoms with Crippen molar-refractivity contribution in [2.75, 3.05) is 6.61 Å². The van der Waals surface area contributed by atoms with E-state index in [0.717, 1.165) is 18.3 Å². The smallest absolute Gasteiger partial charge is 0.416 e. The molecule has 0 saturated heterocycles. The fourth-order valence-electron chi connectivity index (χ4n) is 1.81. The lowest BCUT2D eigenvalue weighted by Crippen LogP contribution is -2.29. The molecule has 20 heavy (non-hydrogen) atoms. The average molecular weight is 285 g/mol. The van der Waals surface area contributed by atoms with Gasteiger partial charge in [-0.15, -0.1) is 0 Å². The number of alkyl halides is 3. The Balaban J connectivity index is 2.40. The number of carbonyl (C=O) groups excluding carboxylic acids is 2. The molecule has 1 aromatic carbocycles. The molecular formula is C13H10F3NO3. The first-order valence-electron chi connectivity index (χ1n) is 5.81. The molecule has 1 atom stereocenters. The number of benzene rings is 1. The molecule has 0 bridgehead atoms. The minimum Gasteiger partial charge on any atom is -0.465 e. The van der Waals surface area contributed by atoms with E-state index in [1.165, 1.54) is 0 Å². The summed E-state index contributed by atoms with van der Waals surface area (Å²) in [5.41, 5.74) is -1.06. The quantitative estimate of drug-likeness (QED) is 0.620. The van der Waals surface area contributed by atoms with Crippen LogP contribution in [0.25, 0.3) is 0 Å². The number of ether oxygens (including phenoxy) is 1. The monoisotopic (exact) mass is 285 g/mol. The Morgan fingerprint density at radius 1 is 1.40 bits per heavy atom. The first kappa shape index (κ1) is 14.2. The molecule has 1 aliphatic rings. The van der Waals surface area contributed by atoms with Gasteiger partial charge in [-0.1, -0.05) is 0 Å². The van der Waals surface area contributed by atoms with E-state index in [1.54, 1.807) is 6.92 Å². The van der Waals surface area contributed by atoms with Crippen molar-refractivity contribution in [3.05, 3.63) is 29.3 Å². The maximum atomic E-state index is 12.6. The Kier molecular flexibility index (Phi) is 3.61. The summed E-state index contributed by atoms with van der Waals surface area (Å²) in [5, 5.41) is 0. The molecule has 1 aromatic rings. The third-order valence-electron chi connectivity index (χ3n) is 2.78. The Hall–Kier alpha value is -2.18. The van der Waals surface area contributed by atoms with Gasteiger partial charge in [0.2, 0.25) is 0 Å². The van der Waals surface area contributed by atoms with Gasteiger partial charge in [-0.3, -0.25) is 14.6 Å². The number of hydrogen-bond acceptors (Lipinski definition) is 4. The highest BCUT2D eigenvalue weighted by atomic mass is 19.4. The van der Waals surface area contributed by atoms with E-state index in [-0.39, 0.29) is 17.9 Å². The number of aliphatic imine (C=N–C) groups is 1. The lowest BCUT2D eigenvalue weighted by atomic mass is 9.93. The van der Waals surface area contributed by atoms with Crippen LogP contribution in [-0.2, 0) is 15.7 Å². The molecule has 0 aliphatic carbocycles. The van der Waals surface area contributed by atoms with Gasteiger partial charge in [0.25, 0.3) is 0 Å². The third kappa shape index (κ3) is 2.56. The van der Waals surface area contributed by atoms with Crippen LogP contribution >= 0.6 is 0 Å². The fraction of sp³-hybridized carbons (Fsp3) is 0.308. The van der Waals surface area contributed by atoms with Crippen molar-refractivity contribution in [1.29, 1.82) is 0 Å². The van der Waals surface area contributed by atoms with E-state index in [9.17, 15) is 22.8 Å². The van der Waals surface area contributed by atoms with Crippen molar-refractivity contribution in [2.24, 2.45) is 10.9 Å². The molecule has 0 spiro atoms. The Morgan fingerprint density at radius 2 is 2.10 bits per heavy atom. The molecule has 2 rings (SSSR count). The molecule has 0 amide bonds. The second-order valence-corrected chi connectivity index (χ2v) is 4.10. The van der Waals surface area contributed by atoms with Gasteiger partial charge in [-0.2, -0.15) is 13.2 Å². The van der Waals surface area contributed by atoms with E-state index in [2.05, 4.69) is 4.99 Å². The highest BCUT2D eigenvalue weighted by Crippen LogP contribution is 2.34. The van der Waals surface area contributed by atoms with Gasteiger partial charge in [-0.25, -0.2) is 0 Å². The summed E-state index contributed by atoms with van der Waals surface area (Å²) in [5.74, 6) is -2.84. The highest BCUT2D eigenvalue weighted by Gasteiger charge is 2.36. The van der Waals surface area contributed by atoms with Crippen molar-refractivity contribution >= 4 is 23.7 Å². The summed E-state index contributed by atoms with van der Waals surface area (Å²) in [6.45, 7) is 1.64. The number of hydrogen-bond donors (Lipinski definition) is 0. The van der Waals surface area contributed by atoms with Crippen LogP contribution in [0.15, 0.2) is 23.2 Å². The minimum absolute atomic E-state index is 0.0753. The summed E-state index contributed by atoms with van der Waals surface area (Å²) < 4.78 is 42.6. The summed E-state index contributed by atoms with van der Waals surface area (Å²) >= 11 is 0. The van der Waals surface area contributed by atoms with Crippen molar-refractivity contribution in [3.8, 4) is 0 Å². The Labute approximate surface area is 112 Å².